The molecule has 2 rings (SSSR count). The number of aliphatic hydroxyl groups is 1. The average molecular weight is 234 g/mol. The molecule has 0 aliphatic heterocycles. The lowest BCUT2D eigenvalue weighted by molar-refractivity contribution is 0.0640. The number of hydrogen-bond donors (Lipinski definition) is 1. The van der Waals surface area contributed by atoms with Crippen molar-refractivity contribution < 1.29 is 9.52 Å². The largest absolute Gasteiger partial charge is 0.472 e. The Bertz CT molecular complexity index is 366. The minimum Gasteiger partial charge on any atom is -0.472 e. The summed E-state index contributed by atoms with van der Waals surface area (Å²) in [5.41, 5.74) is 2.58. The van der Waals surface area contributed by atoms with E-state index in [4.69, 9.17) is 4.42 Å². The van der Waals surface area contributed by atoms with Crippen LogP contribution >= 0.6 is 0 Å². The van der Waals surface area contributed by atoms with Crippen LogP contribution in [0.3, 0.4) is 0 Å². The first-order valence-corrected chi connectivity index (χ1v) is 6.45. The highest BCUT2D eigenvalue weighted by molar-refractivity contribution is 5.13. The smallest absolute Gasteiger partial charge is 0.0934 e. The van der Waals surface area contributed by atoms with Crippen molar-refractivity contribution in [3.8, 4) is 0 Å². The Morgan fingerprint density at radius 2 is 2.41 bits per heavy atom. The maximum atomic E-state index is 9.64. The Balaban J connectivity index is 2.02. The summed E-state index contributed by atoms with van der Waals surface area (Å²) in [6, 6.07) is 2.02. The second-order valence-corrected chi connectivity index (χ2v) is 5.55. The Labute approximate surface area is 103 Å². The number of hydrogen-bond acceptors (Lipinski definition) is 2. The highest BCUT2D eigenvalue weighted by atomic mass is 16.3. The van der Waals surface area contributed by atoms with Gasteiger partial charge in [-0.25, -0.2) is 0 Å². The van der Waals surface area contributed by atoms with Crippen molar-refractivity contribution >= 4 is 0 Å². The van der Waals surface area contributed by atoms with Gasteiger partial charge < -0.3 is 9.52 Å². The molecule has 2 nitrogen and oxygen atoms in total. The van der Waals surface area contributed by atoms with E-state index in [9.17, 15) is 5.11 Å². The van der Waals surface area contributed by atoms with Crippen LogP contribution in [-0.4, -0.2) is 11.7 Å². The number of furan rings is 1. The summed E-state index contributed by atoms with van der Waals surface area (Å²) < 4.78 is 5.09. The molecule has 1 aliphatic rings. The SMILES string of the molecule is C=C1CCC[C@@](C)(CO)[C@@H]1CCc1ccoc1. The van der Waals surface area contributed by atoms with E-state index in [1.165, 1.54) is 11.1 Å². The summed E-state index contributed by atoms with van der Waals surface area (Å²) in [6.07, 6.45) is 8.99. The summed E-state index contributed by atoms with van der Waals surface area (Å²) >= 11 is 0. The summed E-state index contributed by atoms with van der Waals surface area (Å²) in [6.45, 7) is 6.66. The van der Waals surface area contributed by atoms with E-state index >= 15 is 0 Å². The highest BCUT2D eigenvalue weighted by Crippen LogP contribution is 2.45. The molecule has 1 N–H and O–H groups in total. The van der Waals surface area contributed by atoms with Crippen LogP contribution in [0.25, 0.3) is 0 Å². The van der Waals surface area contributed by atoms with Gasteiger partial charge in [0, 0.05) is 6.61 Å². The number of rotatable bonds is 4. The first kappa shape index (κ1) is 12.4. The first-order valence-electron chi connectivity index (χ1n) is 6.45. The lowest BCUT2D eigenvalue weighted by Crippen LogP contribution is -2.35. The lowest BCUT2D eigenvalue weighted by Gasteiger charge is -2.42. The molecular formula is C15H22O2. The van der Waals surface area contributed by atoms with Crippen LogP contribution in [0.2, 0.25) is 0 Å². The second-order valence-electron chi connectivity index (χ2n) is 5.55. The zero-order valence-electron chi connectivity index (χ0n) is 10.6. The molecule has 2 heteroatoms. The molecule has 1 aromatic rings. The second kappa shape index (κ2) is 5.09. The Kier molecular flexibility index (Phi) is 3.72. The minimum atomic E-state index is 0.0269. The monoisotopic (exact) mass is 234 g/mol. The van der Waals surface area contributed by atoms with Crippen molar-refractivity contribution in [2.45, 2.75) is 39.0 Å². The molecule has 0 spiro atoms. The molecule has 1 saturated carbocycles. The van der Waals surface area contributed by atoms with E-state index in [1.54, 1.807) is 6.26 Å². The van der Waals surface area contributed by atoms with Gasteiger partial charge in [-0.05, 0) is 55.1 Å². The van der Waals surface area contributed by atoms with Gasteiger partial charge in [0.2, 0.25) is 0 Å². The first-order chi connectivity index (χ1) is 8.15. The molecule has 1 aliphatic carbocycles. The van der Waals surface area contributed by atoms with Crippen molar-refractivity contribution in [3.63, 3.8) is 0 Å². The van der Waals surface area contributed by atoms with Crippen molar-refractivity contribution in [1.82, 2.24) is 0 Å². The van der Waals surface area contributed by atoms with Gasteiger partial charge in [-0.2, -0.15) is 0 Å². The minimum absolute atomic E-state index is 0.0269. The molecular weight excluding hydrogens is 212 g/mol. The van der Waals surface area contributed by atoms with Crippen molar-refractivity contribution in [2.75, 3.05) is 6.61 Å². The van der Waals surface area contributed by atoms with E-state index in [0.29, 0.717) is 5.92 Å². The number of aliphatic hydroxyl groups excluding tert-OH is 1. The molecule has 0 saturated heterocycles. The fraction of sp³-hybridized carbons (Fsp3) is 0.600. The Morgan fingerprint density at radius 3 is 3.06 bits per heavy atom. The molecule has 0 radical (unpaired) electrons. The Morgan fingerprint density at radius 1 is 1.59 bits per heavy atom. The molecule has 1 aromatic heterocycles. The van der Waals surface area contributed by atoms with E-state index < -0.39 is 0 Å². The van der Waals surface area contributed by atoms with Crippen molar-refractivity contribution in [1.29, 1.82) is 0 Å². The third-order valence-corrected chi connectivity index (χ3v) is 4.24. The van der Waals surface area contributed by atoms with Crippen LogP contribution in [0.5, 0.6) is 0 Å². The maximum absolute atomic E-state index is 9.64. The average Bonchev–Trinajstić information content (AvgIpc) is 2.81. The molecule has 0 aromatic carbocycles. The molecule has 1 heterocycles. The molecule has 2 atom stereocenters. The van der Waals surface area contributed by atoms with Crippen molar-refractivity contribution in [3.05, 3.63) is 36.3 Å². The van der Waals surface area contributed by atoms with Gasteiger partial charge in [0.1, 0.15) is 0 Å². The predicted octanol–water partition coefficient (Wildman–Crippen LogP) is 3.57. The predicted molar refractivity (Wildman–Crippen MR) is 68.7 cm³/mol. The zero-order valence-corrected chi connectivity index (χ0v) is 10.6. The molecule has 0 bridgehead atoms. The zero-order chi connectivity index (χ0) is 12.3. The fourth-order valence-electron chi connectivity index (χ4n) is 3.05. The van der Waals surface area contributed by atoms with Gasteiger partial charge in [-0.3, -0.25) is 0 Å². The normalized spacial score (nSPS) is 29.5. The fourth-order valence-corrected chi connectivity index (χ4v) is 3.05. The summed E-state index contributed by atoms with van der Waals surface area (Å²) in [5.74, 6) is 0.441. The van der Waals surface area contributed by atoms with Crippen molar-refractivity contribution in [2.24, 2.45) is 11.3 Å². The molecule has 94 valence electrons. The third kappa shape index (κ3) is 2.63. The van der Waals surface area contributed by atoms with E-state index in [1.807, 2.05) is 12.3 Å². The van der Waals surface area contributed by atoms with Crippen LogP contribution in [0.15, 0.2) is 35.2 Å². The van der Waals surface area contributed by atoms with Crippen LogP contribution in [0, 0.1) is 11.3 Å². The summed E-state index contributed by atoms with van der Waals surface area (Å²) in [5, 5.41) is 9.64. The van der Waals surface area contributed by atoms with Crippen LogP contribution in [0.1, 0.15) is 38.2 Å². The number of aryl methyl sites for hydroxylation is 1. The van der Waals surface area contributed by atoms with Crippen LogP contribution in [0.4, 0.5) is 0 Å². The van der Waals surface area contributed by atoms with Gasteiger partial charge in [0.15, 0.2) is 0 Å². The lowest BCUT2D eigenvalue weighted by atomic mass is 9.64. The van der Waals surface area contributed by atoms with Gasteiger partial charge >= 0.3 is 0 Å². The number of allylic oxidation sites excluding steroid dienone is 1. The van der Waals surface area contributed by atoms with Crippen LogP contribution < -0.4 is 0 Å². The van der Waals surface area contributed by atoms with Gasteiger partial charge in [0.05, 0.1) is 12.5 Å². The molecule has 17 heavy (non-hydrogen) atoms. The quantitative estimate of drug-likeness (QED) is 0.808. The highest BCUT2D eigenvalue weighted by Gasteiger charge is 2.37. The van der Waals surface area contributed by atoms with E-state index in [0.717, 1.165) is 32.1 Å². The topological polar surface area (TPSA) is 33.4 Å². The maximum Gasteiger partial charge on any atom is 0.0934 e. The van der Waals surface area contributed by atoms with Gasteiger partial charge in [-0.15, -0.1) is 0 Å². The van der Waals surface area contributed by atoms with Crippen LogP contribution in [-0.2, 0) is 6.42 Å². The summed E-state index contributed by atoms with van der Waals surface area (Å²) in [4.78, 5) is 0. The molecule has 0 unspecified atom stereocenters. The Hall–Kier alpha value is -1.02. The standard InChI is InChI=1S/C15H22O2/c1-12-4-3-8-15(2,11-16)14(12)6-5-13-7-9-17-10-13/h7,9-10,14,16H,1,3-6,8,11H2,2H3/t14-,15+/m1/s1. The third-order valence-electron chi connectivity index (χ3n) is 4.24. The summed E-state index contributed by atoms with van der Waals surface area (Å²) in [7, 11) is 0. The van der Waals surface area contributed by atoms with Gasteiger partial charge in [-0.1, -0.05) is 19.1 Å². The van der Waals surface area contributed by atoms with E-state index in [2.05, 4.69) is 13.5 Å². The molecule has 0 amide bonds. The van der Waals surface area contributed by atoms with Gasteiger partial charge in [0.25, 0.3) is 0 Å². The molecule has 1 fully saturated rings. The van der Waals surface area contributed by atoms with E-state index in [-0.39, 0.29) is 12.0 Å².